The number of aromatic nitrogens is 1. The Morgan fingerprint density at radius 1 is 1.00 bits per heavy atom. The average molecular weight is 441 g/mol. The molecule has 31 heavy (non-hydrogen) atoms. The second kappa shape index (κ2) is 10.2. The standard InChI is InChI=1S/C25H32N2O3S/c1-5-24(19-11-9-8-10-12-19)27(6-2)18-20-13-15-23(26-20)22-17-21(31(28,29)7-3)14-16-25(22)30-4/h8-17,24,26H,5-7,18H2,1-4H3. The van der Waals surface area contributed by atoms with Gasteiger partial charge in [-0.3, -0.25) is 4.90 Å². The monoisotopic (exact) mass is 440 g/mol. The number of nitrogens with zero attached hydrogens (tertiary/aromatic N) is 1. The van der Waals surface area contributed by atoms with E-state index in [1.807, 2.05) is 12.1 Å². The van der Waals surface area contributed by atoms with Crippen molar-refractivity contribution < 1.29 is 13.2 Å². The van der Waals surface area contributed by atoms with Gasteiger partial charge in [-0.25, -0.2) is 8.42 Å². The van der Waals surface area contributed by atoms with Crippen LogP contribution in [0.3, 0.4) is 0 Å². The second-order valence-electron chi connectivity index (χ2n) is 7.56. The summed E-state index contributed by atoms with van der Waals surface area (Å²) >= 11 is 0. The molecular weight excluding hydrogens is 408 g/mol. The maximum Gasteiger partial charge on any atom is 0.178 e. The van der Waals surface area contributed by atoms with Crippen LogP contribution in [0.2, 0.25) is 0 Å². The molecular formula is C25H32N2O3S. The van der Waals surface area contributed by atoms with Gasteiger partial charge in [-0.1, -0.05) is 51.1 Å². The summed E-state index contributed by atoms with van der Waals surface area (Å²) in [4.78, 5) is 6.24. The first kappa shape index (κ1) is 23.1. The molecule has 3 rings (SSSR count). The Kier molecular flexibility index (Phi) is 7.57. The molecule has 2 aromatic carbocycles. The SMILES string of the molecule is CCC(c1ccccc1)N(CC)Cc1ccc(-c2cc(S(=O)(=O)CC)ccc2OC)[nH]1. The van der Waals surface area contributed by atoms with Crippen molar-refractivity contribution in [2.45, 2.75) is 44.7 Å². The highest BCUT2D eigenvalue weighted by molar-refractivity contribution is 7.91. The lowest BCUT2D eigenvalue weighted by atomic mass is 10.0. The molecule has 5 nitrogen and oxygen atoms in total. The van der Waals surface area contributed by atoms with Gasteiger partial charge >= 0.3 is 0 Å². The molecule has 0 fully saturated rings. The third kappa shape index (κ3) is 5.20. The maximum absolute atomic E-state index is 12.4. The van der Waals surface area contributed by atoms with Crippen LogP contribution >= 0.6 is 0 Å². The van der Waals surface area contributed by atoms with Crippen LogP contribution in [0.4, 0.5) is 0 Å². The third-order valence-electron chi connectivity index (χ3n) is 5.74. The van der Waals surface area contributed by atoms with Crippen LogP contribution in [0.5, 0.6) is 5.75 Å². The smallest absolute Gasteiger partial charge is 0.178 e. The van der Waals surface area contributed by atoms with Crippen LogP contribution in [0.25, 0.3) is 11.3 Å². The summed E-state index contributed by atoms with van der Waals surface area (Å²) in [6.07, 6.45) is 1.02. The highest BCUT2D eigenvalue weighted by atomic mass is 32.2. The first-order chi connectivity index (χ1) is 14.9. The van der Waals surface area contributed by atoms with E-state index >= 15 is 0 Å². The van der Waals surface area contributed by atoms with Crippen molar-refractivity contribution >= 4 is 9.84 Å². The van der Waals surface area contributed by atoms with E-state index in [0.29, 0.717) is 16.7 Å². The van der Waals surface area contributed by atoms with Gasteiger partial charge in [-0.15, -0.1) is 0 Å². The third-order valence-corrected chi connectivity index (χ3v) is 7.47. The van der Waals surface area contributed by atoms with E-state index in [0.717, 1.165) is 36.5 Å². The zero-order valence-electron chi connectivity index (χ0n) is 18.8. The number of rotatable bonds is 10. The summed E-state index contributed by atoms with van der Waals surface area (Å²) in [5.41, 5.74) is 4.00. The topological polar surface area (TPSA) is 62.4 Å². The average Bonchev–Trinajstić information content (AvgIpc) is 3.27. The fourth-order valence-electron chi connectivity index (χ4n) is 3.99. The van der Waals surface area contributed by atoms with Crippen molar-refractivity contribution in [1.82, 2.24) is 9.88 Å². The summed E-state index contributed by atoms with van der Waals surface area (Å²) in [5, 5.41) is 0. The molecule has 1 aromatic heterocycles. The fraction of sp³-hybridized carbons (Fsp3) is 0.360. The molecule has 0 amide bonds. The lowest BCUT2D eigenvalue weighted by Crippen LogP contribution is -2.28. The van der Waals surface area contributed by atoms with Crippen LogP contribution < -0.4 is 4.74 Å². The first-order valence-electron chi connectivity index (χ1n) is 10.8. The number of methoxy groups -OCH3 is 1. The highest BCUT2D eigenvalue weighted by Gasteiger charge is 2.20. The molecule has 1 atom stereocenters. The zero-order valence-corrected chi connectivity index (χ0v) is 19.6. The summed E-state index contributed by atoms with van der Waals surface area (Å²) < 4.78 is 30.2. The van der Waals surface area contributed by atoms with Crippen molar-refractivity contribution in [3.8, 4) is 17.0 Å². The van der Waals surface area contributed by atoms with Gasteiger partial charge in [-0.2, -0.15) is 0 Å². The predicted molar refractivity (Wildman–Crippen MR) is 126 cm³/mol. The molecule has 1 unspecified atom stereocenters. The van der Waals surface area contributed by atoms with Crippen LogP contribution in [-0.4, -0.2) is 37.7 Å². The Morgan fingerprint density at radius 3 is 2.35 bits per heavy atom. The molecule has 0 aliphatic heterocycles. The number of nitrogens with one attached hydrogen (secondary N) is 1. The molecule has 1 N–H and O–H groups in total. The number of hydrogen-bond donors (Lipinski definition) is 1. The number of hydrogen-bond acceptors (Lipinski definition) is 4. The van der Waals surface area contributed by atoms with E-state index < -0.39 is 9.84 Å². The quantitative estimate of drug-likeness (QED) is 0.455. The Bertz CT molecular complexity index is 1090. The Morgan fingerprint density at radius 2 is 1.74 bits per heavy atom. The summed E-state index contributed by atoms with van der Waals surface area (Å²) in [5.74, 6) is 0.712. The lowest BCUT2D eigenvalue weighted by Gasteiger charge is -2.30. The highest BCUT2D eigenvalue weighted by Crippen LogP contribution is 2.33. The van der Waals surface area contributed by atoms with Gasteiger partial charge in [0.2, 0.25) is 0 Å². The second-order valence-corrected chi connectivity index (χ2v) is 9.84. The van der Waals surface area contributed by atoms with Gasteiger partial charge in [-0.05, 0) is 48.9 Å². The van der Waals surface area contributed by atoms with E-state index in [4.69, 9.17) is 4.74 Å². The van der Waals surface area contributed by atoms with E-state index in [-0.39, 0.29) is 5.75 Å². The van der Waals surface area contributed by atoms with Crippen LogP contribution in [0, 0.1) is 0 Å². The number of benzene rings is 2. The van der Waals surface area contributed by atoms with Crippen LogP contribution in [-0.2, 0) is 16.4 Å². The lowest BCUT2D eigenvalue weighted by molar-refractivity contribution is 0.191. The molecule has 0 aliphatic rings. The molecule has 0 saturated heterocycles. The van der Waals surface area contributed by atoms with Gasteiger partial charge in [0, 0.05) is 29.5 Å². The van der Waals surface area contributed by atoms with Crippen molar-refractivity contribution in [3.63, 3.8) is 0 Å². The molecule has 0 saturated carbocycles. The molecule has 0 aliphatic carbocycles. The minimum absolute atomic E-state index is 0.0676. The molecule has 3 aromatic rings. The van der Waals surface area contributed by atoms with E-state index in [1.54, 1.807) is 32.2 Å². The Labute approximate surface area is 186 Å². The summed E-state index contributed by atoms with van der Waals surface area (Å²) in [6, 6.07) is 20.0. The molecule has 0 bridgehead atoms. The minimum Gasteiger partial charge on any atom is -0.496 e. The Hall–Kier alpha value is -2.57. The largest absolute Gasteiger partial charge is 0.496 e. The van der Waals surface area contributed by atoms with E-state index in [9.17, 15) is 8.42 Å². The zero-order chi connectivity index (χ0) is 22.4. The number of H-pyrrole nitrogens is 1. The molecule has 6 heteroatoms. The number of aromatic amines is 1. The van der Waals surface area contributed by atoms with Gasteiger partial charge in [0.25, 0.3) is 0 Å². The molecule has 1 heterocycles. The molecule has 0 spiro atoms. The normalized spacial score (nSPS) is 12.8. The van der Waals surface area contributed by atoms with Gasteiger partial charge in [0.15, 0.2) is 9.84 Å². The van der Waals surface area contributed by atoms with E-state index in [1.165, 1.54) is 5.56 Å². The first-order valence-corrected chi connectivity index (χ1v) is 12.5. The van der Waals surface area contributed by atoms with E-state index in [2.05, 4.69) is 54.1 Å². The number of ether oxygens (including phenoxy) is 1. The van der Waals surface area contributed by atoms with Crippen LogP contribution in [0.1, 0.15) is 44.5 Å². The summed E-state index contributed by atoms with van der Waals surface area (Å²) in [6.45, 7) is 7.75. The van der Waals surface area contributed by atoms with Gasteiger partial charge < -0.3 is 9.72 Å². The van der Waals surface area contributed by atoms with Crippen LogP contribution in [0.15, 0.2) is 65.6 Å². The molecule has 0 radical (unpaired) electrons. The van der Waals surface area contributed by atoms with Crippen molar-refractivity contribution in [1.29, 1.82) is 0 Å². The van der Waals surface area contributed by atoms with Crippen molar-refractivity contribution in [2.24, 2.45) is 0 Å². The van der Waals surface area contributed by atoms with Crippen molar-refractivity contribution in [2.75, 3.05) is 19.4 Å². The Balaban J connectivity index is 1.90. The predicted octanol–water partition coefficient (Wildman–Crippen LogP) is 5.46. The van der Waals surface area contributed by atoms with Crippen molar-refractivity contribution in [3.05, 3.63) is 71.9 Å². The minimum atomic E-state index is -3.29. The molecule has 166 valence electrons. The maximum atomic E-state index is 12.4. The fourth-order valence-corrected chi connectivity index (χ4v) is 4.89. The summed E-state index contributed by atoms with van der Waals surface area (Å²) in [7, 11) is -1.69. The van der Waals surface area contributed by atoms with Gasteiger partial charge in [0.1, 0.15) is 5.75 Å². The number of sulfone groups is 1. The van der Waals surface area contributed by atoms with Gasteiger partial charge in [0.05, 0.1) is 17.8 Å².